The quantitative estimate of drug-likeness (QED) is 0.390. The lowest BCUT2D eigenvalue weighted by Crippen LogP contribution is -2.42. The van der Waals surface area contributed by atoms with E-state index < -0.39 is 5.41 Å². The molecule has 0 radical (unpaired) electrons. The van der Waals surface area contributed by atoms with Gasteiger partial charge in [-0.15, -0.1) is 0 Å². The lowest BCUT2D eigenvalue weighted by atomic mass is 9.77. The summed E-state index contributed by atoms with van der Waals surface area (Å²) in [6, 6.07) is 26.4. The van der Waals surface area contributed by atoms with Crippen molar-refractivity contribution in [3.05, 3.63) is 113 Å². The second-order valence-corrected chi connectivity index (χ2v) is 10.00. The summed E-state index contributed by atoms with van der Waals surface area (Å²) in [5.74, 6) is 2.37. The molecule has 2 amide bonds. The second kappa shape index (κ2) is 9.34. The van der Waals surface area contributed by atoms with Crippen LogP contribution in [0.15, 0.2) is 84.9 Å². The number of rotatable bonds is 6. The molecule has 1 unspecified atom stereocenters. The van der Waals surface area contributed by atoms with Crippen LogP contribution in [0.2, 0.25) is 0 Å². The molecule has 3 aliphatic heterocycles. The molecular weight excluding hydrogens is 508 g/mol. The summed E-state index contributed by atoms with van der Waals surface area (Å²) < 4.78 is 22.6. The smallest absolute Gasteiger partial charge is 0.251 e. The van der Waals surface area contributed by atoms with E-state index in [2.05, 4.69) is 5.32 Å². The molecule has 200 valence electrons. The summed E-state index contributed by atoms with van der Waals surface area (Å²) in [6.07, 6.45) is 0. The number of hydrogen-bond acceptors (Lipinski definition) is 6. The standard InChI is InChI=1S/C32H26N2O6/c1-37-26-9-5-2-6-22(26)16-33-30(35)21-12-10-20(11-13-21)17-34-25-8-4-3-7-23(25)32(31(34)36)18-38-27-15-29-28(14-24(27)32)39-19-40-29/h2-15H,16-19H2,1H3,(H,33,35). The zero-order valence-corrected chi connectivity index (χ0v) is 21.8. The number of ether oxygens (including phenoxy) is 4. The molecule has 0 fully saturated rings. The number of para-hydroxylation sites is 2. The van der Waals surface area contributed by atoms with E-state index in [9.17, 15) is 9.59 Å². The molecule has 4 aromatic rings. The topological polar surface area (TPSA) is 86.3 Å². The van der Waals surface area contributed by atoms with Gasteiger partial charge >= 0.3 is 0 Å². The van der Waals surface area contributed by atoms with Crippen LogP contribution in [0.5, 0.6) is 23.0 Å². The van der Waals surface area contributed by atoms with Gasteiger partial charge in [0, 0.05) is 35.0 Å². The zero-order valence-electron chi connectivity index (χ0n) is 21.8. The third kappa shape index (κ3) is 3.67. The van der Waals surface area contributed by atoms with Gasteiger partial charge in [-0.2, -0.15) is 0 Å². The first kappa shape index (κ1) is 24.1. The molecule has 0 saturated carbocycles. The average molecular weight is 535 g/mol. The summed E-state index contributed by atoms with van der Waals surface area (Å²) in [4.78, 5) is 28.8. The lowest BCUT2D eigenvalue weighted by molar-refractivity contribution is -0.122. The highest BCUT2D eigenvalue weighted by Gasteiger charge is 2.57. The molecule has 3 heterocycles. The number of nitrogens with one attached hydrogen (secondary N) is 1. The Labute approximate surface area is 231 Å². The van der Waals surface area contributed by atoms with Crippen LogP contribution < -0.4 is 29.2 Å². The Hall–Kier alpha value is -4.98. The number of fused-ring (bicyclic) bond motifs is 5. The van der Waals surface area contributed by atoms with Crippen LogP contribution in [0.25, 0.3) is 0 Å². The molecule has 0 aromatic heterocycles. The number of benzene rings is 4. The fourth-order valence-corrected chi connectivity index (χ4v) is 5.79. The van der Waals surface area contributed by atoms with Crippen molar-refractivity contribution in [3.63, 3.8) is 0 Å². The van der Waals surface area contributed by atoms with Crippen molar-refractivity contribution in [2.24, 2.45) is 0 Å². The van der Waals surface area contributed by atoms with E-state index in [4.69, 9.17) is 18.9 Å². The molecule has 8 heteroatoms. The van der Waals surface area contributed by atoms with E-state index in [-0.39, 0.29) is 25.2 Å². The Kier molecular flexibility index (Phi) is 5.62. The number of amides is 2. The molecule has 40 heavy (non-hydrogen) atoms. The summed E-state index contributed by atoms with van der Waals surface area (Å²) in [6.45, 7) is 1.08. The Morgan fingerprint density at radius 1 is 0.900 bits per heavy atom. The summed E-state index contributed by atoms with van der Waals surface area (Å²) in [5, 5.41) is 2.95. The molecule has 4 aromatic carbocycles. The predicted octanol–water partition coefficient (Wildman–Crippen LogP) is 4.58. The van der Waals surface area contributed by atoms with Crippen molar-refractivity contribution in [1.82, 2.24) is 5.32 Å². The SMILES string of the molecule is COc1ccccc1CNC(=O)c1ccc(CN2C(=O)C3(COc4cc5c(cc43)OCO5)c3ccccc32)cc1. The van der Waals surface area contributed by atoms with Crippen LogP contribution in [-0.2, 0) is 23.3 Å². The summed E-state index contributed by atoms with van der Waals surface area (Å²) >= 11 is 0. The number of carbonyl (C=O) groups is 2. The minimum absolute atomic E-state index is 0.0510. The Bertz CT molecular complexity index is 1650. The first-order chi connectivity index (χ1) is 19.6. The highest BCUT2D eigenvalue weighted by molar-refractivity contribution is 6.11. The van der Waals surface area contributed by atoms with Crippen molar-refractivity contribution >= 4 is 17.5 Å². The lowest BCUT2D eigenvalue weighted by Gasteiger charge is -2.23. The van der Waals surface area contributed by atoms with Gasteiger partial charge in [0.25, 0.3) is 5.91 Å². The molecule has 7 rings (SSSR count). The first-order valence-electron chi connectivity index (χ1n) is 13.1. The number of carbonyl (C=O) groups excluding carboxylic acids is 2. The van der Waals surface area contributed by atoms with E-state index >= 15 is 0 Å². The third-order valence-corrected chi connectivity index (χ3v) is 7.83. The van der Waals surface area contributed by atoms with Crippen LogP contribution in [0, 0.1) is 0 Å². The molecule has 0 saturated heterocycles. The second-order valence-electron chi connectivity index (χ2n) is 10.00. The molecule has 0 aliphatic carbocycles. The normalized spacial score (nSPS) is 17.9. The minimum Gasteiger partial charge on any atom is -0.496 e. The maximum atomic E-state index is 14.2. The van der Waals surface area contributed by atoms with E-state index in [0.717, 1.165) is 33.7 Å². The minimum atomic E-state index is -0.953. The van der Waals surface area contributed by atoms with E-state index in [1.54, 1.807) is 24.1 Å². The molecular formula is C32H26N2O6. The first-order valence-corrected chi connectivity index (χ1v) is 13.1. The van der Waals surface area contributed by atoms with Crippen molar-refractivity contribution in [3.8, 4) is 23.0 Å². The number of nitrogens with zero attached hydrogens (tertiary/aromatic N) is 1. The molecule has 1 spiro atoms. The fraction of sp³-hybridized carbons (Fsp3) is 0.188. The van der Waals surface area contributed by atoms with Gasteiger partial charge in [0.15, 0.2) is 11.5 Å². The van der Waals surface area contributed by atoms with Crippen molar-refractivity contribution in [1.29, 1.82) is 0 Å². The predicted molar refractivity (Wildman–Crippen MR) is 147 cm³/mol. The zero-order chi connectivity index (χ0) is 27.3. The van der Waals surface area contributed by atoms with Crippen molar-refractivity contribution < 1.29 is 28.5 Å². The summed E-state index contributed by atoms with van der Waals surface area (Å²) in [7, 11) is 1.61. The molecule has 8 nitrogen and oxygen atoms in total. The monoisotopic (exact) mass is 534 g/mol. The summed E-state index contributed by atoms with van der Waals surface area (Å²) in [5.41, 5.74) is 3.94. The Balaban J connectivity index is 1.12. The van der Waals surface area contributed by atoms with Gasteiger partial charge in [-0.1, -0.05) is 48.5 Å². The largest absolute Gasteiger partial charge is 0.496 e. The van der Waals surface area contributed by atoms with Crippen LogP contribution in [-0.4, -0.2) is 32.3 Å². The van der Waals surface area contributed by atoms with Crippen LogP contribution in [0.3, 0.4) is 0 Å². The van der Waals surface area contributed by atoms with Gasteiger partial charge in [0.2, 0.25) is 12.7 Å². The molecule has 1 atom stereocenters. The maximum absolute atomic E-state index is 14.2. The van der Waals surface area contributed by atoms with E-state index in [1.807, 2.05) is 72.8 Å². The Morgan fingerprint density at radius 2 is 1.65 bits per heavy atom. The van der Waals surface area contributed by atoms with E-state index in [1.165, 1.54) is 0 Å². The van der Waals surface area contributed by atoms with Gasteiger partial charge in [0.1, 0.15) is 23.5 Å². The van der Waals surface area contributed by atoms with Gasteiger partial charge < -0.3 is 29.2 Å². The average Bonchev–Trinajstić information content (AvgIpc) is 3.67. The highest BCUT2D eigenvalue weighted by atomic mass is 16.7. The van der Waals surface area contributed by atoms with Crippen LogP contribution in [0.1, 0.15) is 32.6 Å². The maximum Gasteiger partial charge on any atom is 0.251 e. The van der Waals surface area contributed by atoms with Gasteiger partial charge in [-0.25, -0.2) is 0 Å². The van der Waals surface area contributed by atoms with E-state index in [0.29, 0.717) is 35.9 Å². The molecule has 1 N–H and O–H groups in total. The van der Waals surface area contributed by atoms with Crippen molar-refractivity contribution in [2.75, 3.05) is 25.4 Å². The fourth-order valence-electron chi connectivity index (χ4n) is 5.79. The van der Waals surface area contributed by atoms with Gasteiger partial charge in [-0.05, 0) is 41.5 Å². The number of methoxy groups -OCH3 is 1. The third-order valence-electron chi connectivity index (χ3n) is 7.83. The number of hydrogen-bond donors (Lipinski definition) is 1. The molecule has 0 bridgehead atoms. The Morgan fingerprint density at radius 3 is 2.48 bits per heavy atom. The van der Waals surface area contributed by atoms with Crippen LogP contribution in [0.4, 0.5) is 5.69 Å². The van der Waals surface area contributed by atoms with Gasteiger partial charge in [0.05, 0.1) is 13.7 Å². The van der Waals surface area contributed by atoms with Gasteiger partial charge in [-0.3, -0.25) is 9.59 Å². The number of anilines is 1. The highest BCUT2D eigenvalue weighted by Crippen LogP contribution is 2.55. The van der Waals surface area contributed by atoms with Crippen molar-refractivity contribution in [2.45, 2.75) is 18.5 Å². The van der Waals surface area contributed by atoms with Crippen LogP contribution >= 0.6 is 0 Å². The molecule has 3 aliphatic rings.